The Hall–Kier alpha value is -2.30. The number of rotatable bonds is 1. The van der Waals surface area contributed by atoms with Crippen LogP contribution in [0.2, 0.25) is 0 Å². The fraction of sp³-hybridized carbons (Fsp3) is 0.231. The molecule has 1 aliphatic rings. The second-order valence-corrected chi connectivity index (χ2v) is 4.32. The number of carbonyl (C=O) groups is 1. The van der Waals surface area contributed by atoms with Gasteiger partial charge in [-0.2, -0.15) is 0 Å². The van der Waals surface area contributed by atoms with Crippen molar-refractivity contribution >= 4 is 6.09 Å². The smallest absolute Gasteiger partial charge is 0.405 e. The summed E-state index contributed by atoms with van der Waals surface area (Å²) in [5, 5.41) is 11.4. The van der Waals surface area contributed by atoms with E-state index in [0.717, 1.165) is 24.4 Å². The Morgan fingerprint density at radius 1 is 1.44 bits per heavy atom. The van der Waals surface area contributed by atoms with Crippen LogP contribution in [-0.2, 0) is 6.42 Å². The zero-order chi connectivity index (χ0) is 12.5. The first kappa shape index (κ1) is 10.8. The summed E-state index contributed by atoms with van der Waals surface area (Å²) in [6, 6.07) is 7.82. The van der Waals surface area contributed by atoms with Gasteiger partial charge in [0.1, 0.15) is 5.82 Å². The molecule has 3 rings (SSSR count). The molecule has 1 aromatic heterocycles. The van der Waals surface area contributed by atoms with Gasteiger partial charge in [0.2, 0.25) is 0 Å². The van der Waals surface area contributed by atoms with Crippen LogP contribution in [0.25, 0.3) is 5.69 Å². The number of fused-ring (bicyclic) bond motifs is 3. The second kappa shape index (κ2) is 4.18. The Morgan fingerprint density at radius 3 is 3.11 bits per heavy atom. The van der Waals surface area contributed by atoms with Crippen molar-refractivity contribution in [3.05, 3.63) is 48.0 Å². The van der Waals surface area contributed by atoms with Gasteiger partial charge in [-0.15, -0.1) is 0 Å². The number of hydrogen-bond donors (Lipinski definition) is 2. The molecule has 1 aliphatic heterocycles. The van der Waals surface area contributed by atoms with Crippen LogP contribution in [0.1, 0.15) is 23.9 Å². The van der Waals surface area contributed by atoms with Crippen molar-refractivity contribution < 1.29 is 9.90 Å². The quantitative estimate of drug-likeness (QED) is 0.806. The van der Waals surface area contributed by atoms with E-state index in [0.29, 0.717) is 0 Å². The standard InChI is InChI=1S/C13H13N3O2/c17-13(18)15-10-6-5-9-3-1-2-4-11(9)16-8-7-14-12(10)16/h1-4,7-8,10,15H,5-6H2,(H,17,18). The van der Waals surface area contributed by atoms with E-state index in [-0.39, 0.29) is 6.04 Å². The predicted octanol–water partition coefficient (Wildman–Crippen LogP) is 2.13. The molecule has 18 heavy (non-hydrogen) atoms. The summed E-state index contributed by atoms with van der Waals surface area (Å²) >= 11 is 0. The van der Waals surface area contributed by atoms with Crippen molar-refractivity contribution in [1.82, 2.24) is 14.9 Å². The topological polar surface area (TPSA) is 67.2 Å². The third-order valence-electron chi connectivity index (χ3n) is 3.23. The zero-order valence-electron chi connectivity index (χ0n) is 9.71. The molecule has 2 heterocycles. The van der Waals surface area contributed by atoms with Gasteiger partial charge >= 0.3 is 6.09 Å². The van der Waals surface area contributed by atoms with Gasteiger partial charge in [-0.1, -0.05) is 18.2 Å². The first-order valence-corrected chi connectivity index (χ1v) is 5.86. The van der Waals surface area contributed by atoms with Gasteiger partial charge in [0.05, 0.1) is 6.04 Å². The fourth-order valence-corrected chi connectivity index (χ4v) is 2.45. The molecule has 92 valence electrons. The van der Waals surface area contributed by atoms with E-state index in [1.54, 1.807) is 6.20 Å². The third-order valence-corrected chi connectivity index (χ3v) is 3.23. The highest BCUT2D eigenvalue weighted by atomic mass is 16.4. The van der Waals surface area contributed by atoms with E-state index >= 15 is 0 Å². The largest absolute Gasteiger partial charge is 0.465 e. The minimum absolute atomic E-state index is 0.259. The minimum atomic E-state index is -1.01. The Morgan fingerprint density at radius 2 is 2.28 bits per heavy atom. The summed E-state index contributed by atoms with van der Waals surface area (Å²) in [5.41, 5.74) is 2.30. The molecule has 5 nitrogen and oxygen atoms in total. The molecule has 0 fully saturated rings. The minimum Gasteiger partial charge on any atom is -0.465 e. The van der Waals surface area contributed by atoms with Crippen LogP contribution in [-0.4, -0.2) is 20.8 Å². The predicted molar refractivity (Wildman–Crippen MR) is 65.8 cm³/mol. The molecule has 2 aromatic rings. The summed E-state index contributed by atoms with van der Waals surface area (Å²) in [6.07, 6.45) is 4.12. The molecule has 0 bridgehead atoms. The summed E-state index contributed by atoms with van der Waals surface area (Å²) in [7, 11) is 0. The normalized spacial score (nSPS) is 17.4. The number of imidazole rings is 1. The van der Waals surface area contributed by atoms with Crippen LogP contribution >= 0.6 is 0 Å². The van der Waals surface area contributed by atoms with Crippen LogP contribution < -0.4 is 5.32 Å². The Balaban J connectivity index is 2.09. The molecule has 0 aliphatic carbocycles. The first-order chi connectivity index (χ1) is 8.75. The molecule has 1 atom stereocenters. The molecule has 0 saturated carbocycles. The lowest BCUT2D eigenvalue weighted by atomic mass is 10.1. The Labute approximate surface area is 104 Å². The zero-order valence-corrected chi connectivity index (χ0v) is 9.71. The lowest BCUT2D eigenvalue weighted by molar-refractivity contribution is 0.188. The van der Waals surface area contributed by atoms with Crippen molar-refractivity contribution in [2.75, 3.05) is 0 Å². The molecule has 0 saturated heterocycles. The van der Waals surface area contributed by atoms with Gasteiger partial charge in [-0.05, 0) is 24.5 Å². The van der Waals surface area contributed by atoms with E-state index in [9.17, 15) is 4.79 Å². The van der Waals surface area contributed by atoms with Crippen molar-refractivity contribution in [2.24, 2.45) is 0 Å². The van der Waals surface area contributed by atoms with Crippen LogP contribution in [0, 0.1) is 0 Å². The van der Waals surface area contributed by atoms with E-state index in [1.165, 1.54) is 5.56 Å². The molecule has 2 N–H and O–H groups in total. The maximum Gasteiger partial charge on any atom is 0.405 e. The van der Waals surface area contributed by atoms with Gasteiger partial charge in [0, 0.05) is 18.1 Å². The van der Waals surface area contributed by atoms with E-state index in [4.69, 9.17) is 5.11 Å². The monoisotopic (exact) mass is 243 g/mol. The molecular weight excluding hydrogens is 230 g/mol. The maximum absolute atomic E-state index is 10.8. The first-order valence-electron chi connectivity index (χ1n) is 5.86. The number of hydrogen-bond acceptors (Lipinski definition) is 2. The van der Waals surface area contributed by atoms with Crippen LogP contribution in [0.4, 0.5) is 4.79 Å². The number of nitrogens with one attached hydrogen (secondary N) is 1. The van der Waals surface area contributed by atoms with Crippen molar-refractivity contribution in [2.45, 2.75) is 18.9 Å². The van der Waals surface area contributed by atoms with E-state index < -0.39 is 6.09 Å². The number of para-hydroxylation sites is 1. The molecule has 1 amide bonds. The van der Waals surface area contributed by atoms with Crippen molar-refractivity contribution in [3.8, 4) is 5.69 Å². The van der Waals surface area contributed by atoms with Crippen molar-refractivity contribution in [1.29, 1.82) is 0 Å². The fourth-order valence-electron chi connectivity index (χ4n) is 2.45. The lowest BCUT2D eigenvalue weighted by Crippen LogP contribution is -2.28. The number of carboxylic acid groups (broad SMARTS) is 1. The van der Waals surface area contributed by atoms with Crippen LogP contribution in [0.5, 0.6) is 0 Å². The Bertz CT molecular complexity index is 591. The van der Waals surface area contributed by atoms with Gasteiger partial charge in [-0.3, -0.25) is 0 Å². The number of aryl methyl sites for hydroxylation is 1. The van der Waals surface area contributed by atoms with Gasteiger partial charge in [0.25, 0.3) is 0 Å². The average Bonchev–Trinajstić information content (AvgIpc) is 2.78. The summed E-state index contributed by atoms with van der Waals surface area (Å²) in [6.45, 7) is 0. The summed E-state index contributed by atoms with van der Waals surface area (Å²) < 4.78 is 1.96. The highest BCUT2D eigenvalue weighted by Gasteiger charge is 2.24. The van der Waals surface area contributed by atoms with E-state index in [1.807, 2.05) is 29.0 Å². The van der Waals surface area contributed by atoms with Gasteiger partial charge in [-0.25, -0.2) is 9.78 Å². The lowest BCUT2D eigenvalue weighted by Gasteiger charge is -2.14. The molecule has 0 spiro atoms. The maximum atomic E-state index is 10.8. The second-order valence-electron chi connectivity index (χ2n) is 4.32. The van der Waals surface area contributed by atoms with E-state index in [2.05, 4.69) is 16.4 Å². The van der Waals surface area contributed by atoms with Gasteiger partial charge in [0.15, 0.2) is 0 Å². The SMILES string of the molecule is O=C(O)NC1CCc2ccccc2-n2ccnc21. The number of nitrogens with zero attached hydrogens (tertiary/aromatic N) is 2. The molecular formula is C13H13N3O2. The summed E-state index contributed by atoms with van der Waals surface area (Å²) in [4.78, 5) is 15.1. The molecule has 5 heteroatoms. The number of benzene rings is 1. The summed E-state index contributed by atoms with van der Waals surface area (Å²) in [5.74, 6) is 0.752. The number of aromatic nitrogens is 2. The Kier molecular flexibility index (Phi) is 2.51. The average molecular weight is 243 g/mol. The molecule has 1 aromatic carbocycles. The van der Waals surface area contributed by atoms with Crippen LogP contribution in [0.3, 0.4) is 0 Å². The van der Waals surface area contributed by atoms with Crippen LogP contribution in [0.15, 0.2) is 36.7 Å². The third kappa shape index (κ3) is 1.73. The highest BCUT2D eigenvalue weighted by Crippen LogP contribution is 2.28. The molecule has 0 radical (unpaired) electrons. The number of amides is 1. The van der Waals surface area contributed by atoms with Crippen molar-refractivity contribution in [3.63, 3.8) is 0 Å². The highest BCUT2D eigenvalue weighted by molar-refractivity contribution is 5.65. The molecule has 1 unspecified atom stereocenters. The van der Waals surface area contributed by atoms with Gasteiger partial charge < -0.3 is 15.0 Å².